The van der Waals surface area contributed by atoms with Crippen molar-refractivity contribution in [1.29, 1.82) is 0 Å². The molecule has 1 N–H and O–H groups in total. The largest absolute Gasteiger partial charge is 0.245 e. The third kappa shape index (κ3) is 5.19. The fourth-order valence-electron chi connectivity index (χ4n) is 3.53. The first-order valence-electron chi connectivity index (χ1n) is 10.6. The highest BCUT2D eigenvalue weighted by Gasteiger charge is 2.13. The van der Waals surface area contributed by atoms with Gasteiger partial charge in [0.25, 0.3) is 0 Å². The van der Waals surface area contributed by atoms with Crippen molar-refractivity contribution in [2.75, 3.05) is 5.75 Å². The summed E-state index contributed by atoms with van der Waals surface area (Å²) in [6.07, 6.45) is 2.83. The number of rotatable bonds is 9. The van der Waals surface area contributed by atoms with Crippen LogP contribution in [0.1, 0.15) is 37.5 Å². The van der Waals surface area contributed by atoms with Crippen molar-refractivity contribution in [3.8, 4) is 22.5 Å². The first-order valence-corrected chi connectivity index (χ1v) is 11.2. The van der Waals surface area contributed by atoms with Crippen LogP contribution in [0.2, 0.25) is 0 Å². The molecule has 0 aliphatic carbocycles. The van der Waals surface area contributed by atoms with Gasteiger partial charge in [0.15, 0.2) is 5.82 Å². The number of thiol groups is 1. The molecule has 0 spiro atoms. The highest BCUT2D eigenvalue weighted by molar-refractivity contribution is 7.80. The van der Waals surface area contributed by atoms with Gasteiger partial charge in [-0.1, -0.05) is 62.4 Å². The van der Waals surface area contributed by atoms with Gasteiger partial charge in [0.05, 0.1) is 6.54 Å². The van der Waals surface area contributed by atoms with E-state index in [9.17, 15) is 0 Å². The predicted molar refractivity (Wildman–Crippen MR) is 125 cm³/mol. The quantitative estimate of drug-likeness (QED) is 0.386. The first-order chi connectivity index (χ1) is 15.1. The Labute approximate surface area is 187 Å². The van der Waals surface area contributed by atoms with Gasteiger partial charge in [-0.3, -0.25) is 0 Å². The van der Waals surface area contributed by atoms with E-state index in [2.05, 4.69) is 77.4 Å². The summed E-state index contributed by atoms with van der Waals surface area (Å²) in [5.41, 5.74) is 4.32. The smallest absolute Gasteiger partial charge is 0.205 e. The minimum Gasteiger partial charge on any atom is -0.245 e. The Hall–Kier alpha value is -3.00. The molecular weight excluding hydrogens is 406 g/mol. The highest BCUT2D eigenvalue weighted by Crippen LogP contribution is 2.29. The molecule has 31 heavy (non-hydrogen) atoms. The standard InChI is InChI=1S/C23H27N7S/c1-16(2)7-12-22-24-21(13-14-31)27-30(22)15-17-8-10-18(11-9-17)19-5-3-4-6-20(19)23-25-28-29-26-23/h3-6,8-11,16,31H,7,12-15H2,1-2H3,(H,25,26,28,29). The van der Waals surface area contributed by atoms with Gasteiger partial charge in [-0.2, -0.15) is 22.9 Å². The monoisotopic (exact) mass is 433 g/mol. The van der Waals surface area contributed by atoms with Crippen LogP contribution in [0.3, 0.4) is 0 Å². The number of nitrogens with one attached hydrogen (secondary N) is 1. The molecular formula is C23H27N7S. The molecule has 2 aromatic carbocycles. The predicted octanol–water partition coefficient (Wildman–Crippen LogP) is 4.23. The molecule has 160 valence electrons. The molecule has 0 fully saturated rings. The fraction of sp³-hybridized carbons (Fsp3) is 0.348. The highest BCUT2D eigenvalue weighted by atomic mass is 32.1. The molecule has 2 heterocycles. The van der Waals surface area contributed by atoms with Crippen LogP contribution in [0, 0.1) is 5.92 Å². The molecule has 0 amide bonds. The van der Waals surface area contributed by atoms with Crippen LogP contribution in [-0.4, -0.2) is 41.1 Å². The maximum Gasteiger partial charge on any atom is 0.205 e. The second-order valence-corrected chi connectivity index (χ2v) is 8.43. The van der Waals surface area contributed by atoms with Gasteiger partial charge in [-0.15, -0.1) is 10.2 Å². The van der Waals surface area contributed by atoms with E-state index in [1.54, 1.807) is 0 Å². The van der Waals surface area contributed by atoms with Crippen molar-refractivity contribution in [3.05, 3.63) is 65.7 Å². The van der Waals surface area contributed by atoms with E-state index < -0.39 is 0 Å². The molecule has 0 bridgehead atoms. The molecule has 0 unspecified atom stereocenters. The number of hydrogen-bond donors (Lipinski definition) is 2. The van der Waals surface area contributed by atoms with E-state index in [-0.39, 0.29) is 0 Å². The summed E-state index contributed by atoms with van der Waals surface area (Å²) in [7, 11) is 0. The Bertz CT molecular complexity index is 1100. The molecule has 4 aromatic rings. The maximum atomic E-state index is 4.75. The summed E-state index contributed by atoms with van der Waals surface area (Å²) in [4.78, 5) is 4.75. The van der Waals surface area contributed by atoms with Gasteiger partial charge < -0.3 is 0 Å². The molecule has 7 nitrogen and oxygen atoms in total. The number of benzene rings is 2. The fourth-order valence-corrected chi connectivity index (χ4v) is 3.73. The summed E-state index contributed by atoms with van der Waals surface area (Å²) < 4.78 is 2.05. The molecule has 8 heteroatoms. The summed E-state index contributed by atoms with van der Waals surface area (Å²) in [5, 5.41) is 19.2. The van der Waals surface area contributed by atoms with E-state index in [4.69, 9.17) is 10.1 Å². The molecule has 0 saturated heterocycles. The second kappa shape index (κ2) is 9.87. The Morgan fingerprint density at radius 2 is 1.77 bits per heavy atom. The summed E-state index contributed by atoms with van der Waals surface area (Å²) in [5.74, 6) is 3.91. The normalized spacial score (nSPS) is 11.4. The maximum absolute atomic E-state index is 4.75. The van der Waals surface area contributed by atoms with Crippen LogP contribution in [0.25, 0.3) is 22.5 Å². The first kappa shape index (κ1) is 21.2. The summed E-state index contributed by atoms with van der Waals surface area (Å²) >= 11 is 4.33. The van der Waals surface area contributed by atoms with E-state index in [1.807, 2.05) is 22.9 Å². The van der Waals surface area contributed by atoms with Crippen LogP contribution >= 0.6 is 12.6 Å². The third-order valence-corrected chi connectivity index (χ3v) is 5.41. The lowest BCUT2D eigenvalue weighted by Gasteiger charge is -2.10. The third-order valence-electron chi connectivity index (χ3n) is 5.18. The molecule has 0 saturated carbocycles. The van der Waals surface area contributed by atoms with Gasteiger partial charge >= 0.3 is 0 Å². The van der Waals surface area contributed by atoms with Gasteiger partial charge in [-0.25, -0.2) is 9.67 Å². The average molecular weight is 434 g/mol. The number of aryl methyl sites for hydroxylation is 2. The van der Waals surface area contributed by atoms with Crippen molar-refractivity contribution < 1.29 is 0 Å². The van der Waals surface area contributed by atoms with Crippen molar-refractivity contribution in [2.45, 2.75) is 39.7 Å². The minimum absolute atomic E-state index is 0.591. The van der Waals surface area contributed by atoms with Crippen molar-refractivity contribution in [3.63, 3.8) is 0 Å². The Morgan fingerprint density at radius 1 is 1.00 bits per heavy atom. The van der Waals surface area contributed by atoms with Gasteiger partial charge in [-0.05, 0) is 40.0 Å². The van der Waals surface area contributed by atoms with E-state index in [0.717, 1.165) is 53.4 Å². The number of aromatic nitrogens is 7. The van der Waals surface area contributed by atoms with Crippen LogP contribution in [-0.2, 0) is 19.4 Å². The minimum atomic E-state index is 0.591. The lowest BCUT2D eigenvalue weighted by Crippen LogP contribution is -2.08. The molecule has 4 rings (SSSR count). The van der Waals surface area contributed by atoms with Crippen molar-refractivity contribution in [1.82, 2.24) is 35.4 Å². The molecule has 0 radical (unpaired) electrons. The molecule has 2 aromatic heterocycles. The zero-order chi connectivity index (χ0) is 21.6. The topological polar surface area (TPSA) is 85.2 Å². The number of tetrazole rings is 1. The van der Waals surface area contributed by atoms with Crippen LogP contribution in [0.5, 0.6) is 0 Å². The van der Waals surface area contributed by atoms with Crippen LogP contribution in [0.15, 0.2) is 48.5 Å². The van der Waals surface area contributed by atoms with Crippen molar-refractivity contribution in [2.24, 2.45) is 5.92 Å². The van der Waals surface area contributed by atoms with Gasteiger partial charge in [0.2, 0.25) is 5.82 Å². The van der Waals surface area contributed by atoms with Crippen LogP contribution in [0.4, 0.5) is 0 Å². The molecule has 0 atom stereocenters. The van der Waals surface area contributed by atoms with Gasteiger partial charge in [0, 0.05) is 18.4 Å². The van der Waals surface area contributed by atoms with Gasteiger partial charge in [0.1, 0.15) is 5.82 Å². The van der Waals surface area contributed by atoms with Crippen LogP contribution < -0.4 is 0 Å². The number of hydrogen-bond acceptors (Lipinski definition) is 6. The Morgan fingerprint density at radius 3 is 2.45 bits per heavy atom. The van der Waals surface area contributed by atoms with E-state index in [0.29, 0.717) is 18.3 Å². The Balaban J connectivity index is 1.56. The molecule has 0 aliphatic rings. The molecule has 0 aliphatic heterocycles. The van der Waals surface area contributed by atoms with E-state index in [1.165, 1.54) is 5.56 Å². The van der Waals surface area contributed by atoms with E-state index >= 15 is 0 Å². The Kier molecular flexibility index (Phi) is 6.76. The average Bonchev–Trinajstić information content (AvgIpc) is 3.43. The lowest BCUT2D eigenvalue weighted by atomic mass is 9.98. The SMILES string of the molecule is CC(C)CCc1nc(CCS)nn1Cc1ccc(-c2ccccc2-c2nn[nH]n2)cc1. The zero-order valence-corrected chi connectivity index (χ0v) is 18.8. The lowest BCUT2D eigenvalue weighted by molar-refractivity contribution is 0.547. The number of nitrogens with zero attached hydrogens (tertiary/aromatic N) is 6. The summed E-state index contributed by atoms with van der Waals surface area (Å²) in [6, 6.07) is 16.6. The number of aromatic amines is 1. The second-order valence-electron chi connectivity index (χ2n) is 7.99. The van der Waals surface area contributed by atoms with Crippen molar-refractivity contribution >= 4 is 12.6 Å². The number of H-pyrrole nitrogens is 1. The zero-order valence-electron chi connectivity index (χ0n) is 17.9. The summed E-state index contributed by atoms with van der Waals surface area (Å²) in [6.45, 7) is 5.18.